The van der Waals surface area contributed by atoms with Crippen LogP contribution in [0.5, 0.6) is 0 Å². The van der Waals surface area contributed by atoms with Crippen molar-refractivity contribution in [1.29, 1.82) is 5.41 Å². The van der Waals surface area contributed by atoms with Gasteiger partial charge in [-0.1, -0.05) is 0 Å². The van der Waals surface area contributed by atoms with Gasteiger partial charge in [0.2, 0.25) is 5.91 Å². The topological polar surface area (TPSA) is 99.2 Å². The lowest BCUT2D eigenvalue weighted by atomic mass is 10.4. The van der Waals surface area contributed by atoms with Crippen molar-refractivity contribution in [1.82, 2.24) is 5.32 Å². The van der Waals surface area contributed by atoms with E-state index in [2.05, 4.69) is 5.32 Å². The van der Waals surface area contributed by atoms with E-state index >= 15 is 0 Å². The number of aliphatic hydroxyl groups is 1. The Bertz CT molecular complexity index is 135. The fraction of sp³-hybridized carbons (Fsp3) is 0.600. The van der Waals surface area contributed by atoms with Gasteiger partial charge in [0, 0.05) is 6.54 Å². The monoisotopic (exact) mass is 145 g/mol. The molecule has 0 rings (SSSR count). The Labute approximate surface area is 58.7 Å². The number of hydrogen-bond acceptors (Lipinski definition) is 3. The molecule has 5 heteroatoms. The average Bonchev–Trinajstić information content (AvgIpc) is 1.82. The first-order valence-electron chi connectivity index (χ1n) is 2.87. The molecule has 0 fully saturated rings. The van der Waals surface area contributed by atoms with E-state index in [9.17, 15) is 4.79 Å². The third kappa shape index (κ3) is 5.04. The number of aliphatic hydroxyl groups excluding tert-OH is 1. The zero-order chi connectivity index (χ0) is 7.98. The summed E-state index contributed by atoms with van der Waals surface area (Å²) in [6.45, 7) is 0.121. The molecule has 0 aliphatic heterocycles. The standard InChI is InChI=1S/C5H11N3O2/c6-4(7)3-5(10)8-1-2-9/h9H,1-3H2,(H3,6,7)(H,8,10). The molecule has 0 aliphatic carbocycles. The lowest BCUT2D eigenvalue weighted by molar-refractivity contribution is -0.120. The van der Waals surface area contributed by atoms with Crippen molar-refractivity contribution < 1.29 is 9.90 Å². The fourth-order valence-corrected chi connectivity index (χ4v) is 0.431. The third-order valence-electron chi connectivity index (χ3n) is 0.785. The highest BCUT2D eigenvalue weighted by molar-refractivity contribution is 5.97. The Kier molecular flexibility index (Phi) is 4.23. The van der Waals surface area contributed by atoms with Crippen LogP contribution in [0.15, 0.2) is 0 Å². The predicted molar refractivity (Wildman–Crippen MR) is 36.6 cm³/mol. The number of amidine groups is 1. The van der Waals surface area contributed by atoms with E-state index in [1.807, 2.05) is 0 Å². The third-order valence-corrected chi connectivity index (χ3v) is 0.785. The fourth-order valence-electron chi connectivity index (χ4n) is 0.431. The average molecular weight is 145 g/mol. The molecular formula is C5H11N3O2. The minimum atomic E-state index is -0.332. The summed E-state index contributed by atoms with van der Waals surface area (Å²) in [5.41, 5.74) is 4.93. The van der Waals surface area contributed by atoms with Gasteiger partial charge in [-0.05, 0) is 0 Å². The van der Waals surface area contributed by atoms with E-state index in [1.54, 1.807) is 0 Å². The van der Waals surface area contributed by atoms with E-state index < -0.39 is 0 Å². The molecule has 0 atom stereocenters. The molecule has 0 aromatic rings. The van der Waals surface area contributed by atoms with Crippen molar-refractivity contribution in [2.45, 2.75) is 6.42 Å². The second kappa shape index (κ2) is 4.75. The predicted octanol–water partition coefficient (Wildman–Crippen LogP) is -1.58. The Morgan fingerprint density at radius 2 is 2.30 bits per heavy atom. The summed E-state index contributed by atoms with van der Waals surface area (Å²) >= 11 is 0. The molecule has 10 heavy (non-hydrogen) atoms. The molecule has 5 N–H and O–H groups in total. The van der Waals surface area contributed by atoms with Crippen LogP contribution < -0.4 is 11.1 Å². The SMILES string of the molecule is N=C(N)CC(=O)NCCO. The van der Waals surface area contributed by atoms with Crippen LogP contribution in [0.2, 0.25) is 0 Å². The molecular weight excluding hydrogens is 134 g/mol. The van der Waals surface area contributed by atoms with Gasteiger partial charge in [0.15, 0.2) is 0 Å². The zero-order valence-electron chi connectivity index (χ0n) is 5.55. The van der Waals surface area contributed by atoms with Crippen molar-refractivity contribution in [2.75, 3.05) is 13.2 Å². The molecule has 5 nitrogen and oxygen atoms in total. The van der Waals surface area contributed by atoms with Gasteiger partial charge in [-0.15, -0.1) is 0 Å². The molecule has 0 radical (unpaired) electrons. The Morgan fingerprint density at radius 3 is 2.70 bits per heavy atom. The van der Waals surface area contributed by atoms with Crippen molar-refractivity contribution >= 4 is 11.7 Å². The van der Waals surface area contributed by atoms with Gasteiger partial charge in [0.1, 0.15) is 0 Å². The summed E-state index contributed by atoms with van der Waals surface area (Å²) in [6, 6.07) is 0. The number of nitrogens with one attached hydrogen (secondary N) is 2. The van der Waals surface area contributed by atoms with Gasteiger partial charge < -0.3 is 16.2 Å². The van der Waals surface area contributed by atoms with Crippen LogP contribution in [0.4, 0.5) is 0 Å². The number of carbonyl (C=O) groups excluding carboxylic acids is 1. The van der Waals surface area contributed by atoms with Crippen LogP contribution in [0.1, 0.15) is 6.42 Å². The van der Waals surface area contributed by atoms with E-state index in [0.717, 1.165) is 0 Å². The van der Waals surface area contributed by atoms with Crippen LogP contribution in [-0.4, -0.2) is 30.0 Å². The number of nitrogens with two attached hydrogens (primary N) is 1. The Hall–Kier alpha value is -1.10. The zero-order valence-corrected chi connectivity index (χ0v) is 5.55. The quantitative estimate of drug-likeness (QED) is 0.284. The lowest BCUT2D eigenvalue weighted by Gasteiger charge is -1.99. The van der Waals surface area contributed by atoms with Crippen LogP contribution in [0.25, 0.3) is 0 Å². The van der Waals surface area contributed by atoms with E-state index in [-0.39, 0.29) is 31.3 Å². The minimum absolute atomic E-state index is 0.0936. The van der Waals surface area contributed by atoms with Gasteiger partial charge >= 0.3 is 0 Å². The first kappa shape index (κ1) is 8.90. The van der Waals surface area contributed by atoms with Gasteiger partial charge in [-0.3, -0.25) is 10.2 Å². The maximum absolute atomic E-state index is 10.6. The van der Waals surface area contributed by atoms with E-state index in [0.29, 0.717) is 0 Å². The molecule has 0 spiro atoms. The van der Waals surface area contributed by atoms with Crippen molar-refractivity contribution in [2.24, 2.45) is 5.73 Å². The van der Waals surface area contributed by atoms with Crippen molar-refractivity contribution in [3.05, 3.63) is 0 Å². The maximum atomic E-state index is 10.6. The minimum Gasteiger partial charge on any atom is -0.395 e. The summed E-state index contributed by atoms with van der Waals surface area (Å²) in [5, 5.41) is 17.3. The van der Waals surface area contributed by atoms with Crippen LogP contribution in [0.3, 0.4) is 0 Å². The summed E-state index contributed by atoms with van der Waals surface area (Å²) in [4.78, 5) is 10.6. The molecule has 0 saturated heterocycles. The lowest BCUT2D eigenvalue weighted by Crippen LogP contribution is -2.30. The first-order chi connectivity index (χ1) is 4.66. The molecule has 0 aromatic carbocycles. The van der Waals surface area contributed by atoms with Gasteiger partial charge in [0.25, 0.3) is 0 Å². The molecule has 0 saturated carbocycles. The molecule has 1 amide bonds. The molecule has 58 valence electrons. The summed E-state index contributed by atoms with van der Waals surface area (Å²) in [6.07, 6.45) is -0.0972. The second-order valence-electron chi connectivity index (χ2n) is 1.78. The highest BCUT2D eigenvalue weighted by Crippen LogP contribution is 1.75. The number of amides is 1. The Morgan fingerprint density at radius 1 is 1.70 bits per heavy atom. The van der Waals surface area contributed by atoms with Crippen LogP contribution in [0, 0.1) is 5.41 Å². The molecule has 0 aromatic heterocycles. The highest BCUT2D eigenvalue weighted by Gasteiger charge is 1.99. The maximum Gasteiger partial charge on any atom is 0.227 e. The van der Waals surface area contributed by atoms with Crippen molar-refractivity contribution in [3.8, 4) is 0 Å². The van der Waals surface area contributed by atoms with Gasteiger partial charge in [-0.2, -0.15) is 0 Å². The second-order valence-corrected chi connectivity index (χ2v) is 1.78. The molecule has 0 unspecified atom stereocenters. The van der Waals surface area contributed by atoms with Crippen molar-refractivity contribution in [3.63, 3.8) is 0 Å². The largest absolute Gasteiger partial charge is 0.395 e. The van der Waals surface area contributed by atoms with E-state index in [1.165, 1.54) is 0 Å². The smallest absolute Gasteiger partial charge is 0.227 e. The van der Waals surface area contributed by atoms with Gasteiger partial charge in [0.05, 0.1) is 18.9 Å². The summed E-state index contributed by atoms with van der Waals surface area (Å²) in [5.74, 6) is -0.503. The van der Waals surface area contributed by atoms with Gasteiger partial charge in [-0.25, -0.2) is 0 Å². The van der Waals surface area contributed by atoms with Crippen LogP contribution in [-0.2, 0) is 4.79 Å². The normalized spacial score (nSPS) is 8.90. The number of rotatable bonds is 4. The number of carbonyl (C=O) groups is 1. The van der Waals surface area contributed by atoms with E-state index in [4.69, 9.17) is 16.2 Å². The summed E-state index contributed by atoms with van der Waals surface area (Å²) < 4.78 is 0. The Balaban J connectivity index is 3.35. The molecule has 0 bridgehead atoms. The van der Waals surface area contributed by atoms with Crippen LogP contribution >= 0.6 is 0 Å². The highest BCUT2D eigenvalue weighted by atomic mass is 16.3. The molecule has 0 aliphatic rings. The number of hydrogen-bond donors (Lipinski definition) is 4. The molecule has 0 heterocycles. The summed E-state index contributed by atoms with van der Waals surface area (Å²) in [7, 11) is 0. The first-order valence-corrected chi connectivity index (χ1v) is 2.87.